The quantitative estimate of drug-likeness (QED) is 0.691. The number of carbonyl (C=O) groups is 1. The summed E-state index contributed by atoms with van der Waals surface area (Å²) >= 11 is 0. The van der Waals surface area contributed by atoms with Gasteiger partial charge >= 0.3 is 0 Å². The van der Waals surface area contributed by atoms with Gasteiger partial charge in [0.05, 0.1) is 19.4 Å². The summed E-state index contributed by atoms with van der Waals surface area (Å²) in [5.41, 5.74) is 0.631. The minimum Gasteiger partial charge on any atom is -0.497 e. The van der Waals surface area contributed by atoms with E-state index < -0.39 is 0 Å². The first-order valence-corrected chi connectivity index (χ1v) is 8.42. The Morgan fingerprint density at radius 2 is 1.65 bits per heavy atom. The highest BCUT2D eigenvalue weighted by Crippen LogP contribution is 2.26. The molecular formula is C21H21NO4. The zero-order valence-electron chi connectivity index (χ0n) is 14.8. The van der Waals surface area contributed by atoms with E-state index in [4.69, 9.17) is 14.2 Å². The van der Waals surface area contributed by atoms with Crippen LogP contribution in [-0.4, -0.2) is 26.2 Å². The highest BCUT2D eigenvalue weighted by Gasteiger charge is 2.08. The lowest BCUT2D eigenvalue weighted by molar-refractivity contribution is -0.118. The summed E-state index contributed by atoms with van der Waals surface area (Å²) in [5, 5.41) is 4.88. The lowest BCUT2D eigenvalue weighted by atomic mass is 10.1. The maximum atomic E-state index is 12.2. The Morgan fingerprint density at radius 1 is 0.923 bits per heavy atom. The summed E-state index contributed by atoms with van der Waals surface area (Å²) in [6, 6.07) is 18.8. The molecule has 0 saturated heterocycles. The fourth-order valence-electron chi connectivity index (χ4n) is 2.61. The van der Waals surface area contributed by atoms with Crippen molar-refractivity contribution >= 4 is 22.4 Å². The Morgan fingerprint density at radius 3 is 2.42 bits per heavy atom. The van der Waals surface area contributed by atoms with Crippen LogP contribution in [0.3, 0.4) is 0 Å². The van der Waals surface area contributed by atoms with Crippen LogP contribution in [0.25, 0.3) is 10.8 Å². The van der Waals surface area contributed by atoms with Crippen LogP contribution in [0.15, 0.2) is 60.7 Å². The van der Waals surface area contributed by atoms with Crippen LogP contribution < -0.4 is 19.5 Å². The number of para-hydroxylation sites is 2. The highest BCUT2D eigenvalue weighted by molar-refractivity contribution is 5.93. The Labute approximate surface area is 152 Å². The molecule has 1 N–H and O–H groups in total. The summed E-state index contributed by atoms with van der Waals surface area (Å²) in [7, 11) is 1.63. The van der Waals surface area contributed by atoms with Crippen LogP contribution in [0, 0.1) is 0 Å². The van der Waals surface area contributed by atoms with Crippen molar-refractivity contribution in [2.75, 3.05) is 25.6 Å². The Bertz CT molecular complexity index is 907. The molecule has 5 nitrogen and oxygen atoms in total. The third kappa shape index (κ3) is 4.25. The van der Waals surface area contributed by atoms with Crippen molar-refractivity contribution in [2.24, 2.45) is 0 Å². The van der Waals surface area contributed by atoms with Gasteiger partial charge in [-0.3, -0.25) is 4.79 Å². The van der Waals surface area contributed by atoms with Crippen LogP contribution in [0.1, 0.15) is 6.92 Å². The van der Waals surface area contributed by atoms with Gasteiger partial charge in [0, 0.05) is 0 Å². The molecule has 3 rings (SSSR count). The van der Waals surface area contributed by atoms with Crippen molar-refractivity contribution in [1.29, 1.82) is 0 Å². The van der Waals surface area contributed by atoms with E-state index in [1.165, 1.54) is 0 Å². The minimum atomic E-state index is -0.247. The molecule has 134 valence electrons. The van der Waals surface area contributed by atoms with Gasteiger partial charge in [-0.2, -0.15) is 0 Å². The molecule has 0 bridgehead atoms. The molecule has 3 aromatic rings. The Balaban J connectivity index is 1.65. The van der Waals surface area contributed by atoms with Gasteiger partial charge in [0.2, 0.25) is 0 Å². The molecule has 0 saturated carbocycles. The van der Waals surface area contributed by atoms with Crippen LogP contribution >= 0.6 is 0 Å². The molecule has 0 aliphatic rings. The van der Waals surface area contributed by atoms with E-state index in [9.17, 15) is 4.79 Å². The van der Waals surface area contributed by atoms with E-state index in [0.717, 1.165) is 16.5 Å². The highest BCUT2D eigenvalue weighted by atomic mass is 16.5. The molecule has 0 fully saturated rings. The lowest BCUT2D eigenvalue weighted by Gasteiger charge is -2.12. The average molecular weight is 351 g/mol. The van der Waals surface area contributed by atoms with E-state index in [0.29, 0.717) is 23.8 Å². The van der Waals surface area contributed by atoms with Gasteiger partial charge in [-0.15, -0.1) is 0 Å². The summed E-state index contributed by atoms with van der Waals surface area (Å²) in [5.74, 6) is 1.79. The molecule has 0 heterocycles. The molecule has 26 heavy (non-hydrogen) atoms. The van der Waals surface area contributed by atoms with Crippen LogP contribution in [0.4, 0.5) is 5.69 Å². The monoisotopic (exact) mass is 351 g/mol. The number of carbonyl (C=O) groups excluding carboxylic acids is 1. The topological polar surface area (TPSA) is 56.8 Å². The second-order valence-corrected chi connectivity index (χ2v) is 5.64. The third-order valence-electron chi connectivity index (χ3n) is 3.85. The van der Waals surface area contributed by atoms with Crippen LogP contribution in [0.5, 0.6) is 17.2 Å². The number of nitrogens with one attached hydrogen (secondary N) is 1. The molecule has 0 aliphatic carbocycles. The van der Waals surface area contributed by atoms with Crippen molar-refractivity contribution in [2.45, 2.75) is 6.92 Å². The molecule has 5 heteroatoms. The zero-order chi connectivity index (χ0) is 18.4. The summed E-state index contributed by atoms with van der Waals surface area (Å²) in [4.78, 5) is 12.2. The van der Waals surface area contributed by atoms with Gasteiger partial charge in [0.25, 0.3) is 5.91 Å². The first kappa shape index (κ1) is 17.6. The number of methoxy groups -OCH3 is 1. The molecule has 0 aliphatic heterocycles. The number of rotatable bonds is 7. The smallest absolute Gasteiger partial charge is 0.262 e. The number of amides is 1. The van der Waals surface area contributed by atoms with Crippen molar-refractivity contribution in [1.82, 2.24) is 0 Å². The van der Waals surface area contributed by atoms with Gasteiger partial charge in [0.15, 0.2) is 6.61 Å². The second kappa shape index (κ2) is 8.25. The van der Waals surface area contributed by atoms with Gasteiger partial charge in [0.1, 0.15) is 17.2 Å². The van der Waals surface area contributed by atoms with Gasteiger partial charge < -0.3 is 19.5 Å². The van der Waals surface area contributed by atoms with E-state index in [1.54, 1.807) is 13.2 Å². The van der Waals surface area contributed by atoms with Crippen LogP contribution in [-0.2, 0) is 4.79 Å². The maximum absolute atomic E-state index is 12.2. The first-order chi connectivity index (χ1) is 12.7. The van der Waals surface area contributed by atoms with Gasteiger partial charge in [-0.25, -0.2) is 0 Å². The Hall–Kier alpha value is -3.21. The van der Waals surface area contributed by atoms with Gasteiger partial charge in [-0.1, -0.05) is 24.3 Å². The summed E-state index contributed by atoms with van der Waals surface area (Å²) < 4.78 is 16.4. The predicted molar refractivity (Wildman–Crippen MR) is 102 cm³/mol. The average Bonchev–Trinajstić information content (AvgIpc) is 2.67. The van der Waals surface area contributed by atoms with E-state index >= 15 is 0 Å². The van der Waals surface area contributed by atoms with Crippen LogP contribution in [0.2, 0.25) is 0 Å². The third-order valence-corrected chi connectivity index (χ3v) is 3.85. The molecular weight excluding hydrogens is 330 g/mol. The van der Waals surface area contributed by atoms with Crippen molar-refractivity contribution in [3.05, 3.63) is 60.7 Å². The fourth-order valence-corrected chi connectivity index (χ4v) is 2.61. The van der Waals surface area contributed by atoms with Crippen molar-refractivity contribution in [3.8, 4) is 17.2 Å². The maximum Gasteiger partial charge on any atom is 0.262 e. The van der Waals surface area contributed by atoms with E-state index in [1.807, 2.05) is 61.5 Å². The Kier molecular flexibility index (Phi) is 5.59. The molecule has 1 amide bonds. The number of fused-ring (bicyclic) bond motifs is 1. The fraction of sp³-hybridized carbons (Fsp3) is 0.190. The molecule has 0 unspecified atom stereocenters. The first-order valence-electron chi connectivity index (χ1n) is 8.42. The largest absolute Gasteiger partial charge is 0.497 e. The molecule has 0 radical (unpaired) electrons. The van der Waals surface area contributed by atoms with E-state index in [-0.39, 0.29) is 12.5 Å². The molecule has 0 spiro atoms. The van der Waals surface area contributed by atoms with Gasteiger partial charge in [-0.05, 0) is 54.1 Å². The SMILES string of the molecule is CCOc1ccccc1NC(=O)COc1ccc2ccc(OC)cc2c1. The molecule has 0 aromatic heterocycles. The predicted octanol–water partition coefficient (Wildman–Crippen LogP) is 4.26. The number of ether oxygens (including phenoxy) is 3. The summed E-state index contributed by atoms with van der Waals surface area (Å²) in [6.45, 7) is 2.34. The number of hydrogen-bond donors (Lipinski definition) is 1. The molecule has 3 aromatic carbocycles. The zero-order valence-corrected chi connectivity index (χ0v) is 14.8. The number of hydrogen-bond acceptors (Lipinski definition) is 4. The number of benzene rings is 3. The standard InChI is InChI=1S/C21H21NO4/c1-3-25-20-7-5-4-6-19(20)22-21(23)14-26-18-11-9-15-8-10-17(24-2)12-16(15)13-18/h4-13H,3,14H2,1-2H3,(H,22,23). The number of anilines is 1. The summed E-state index contributed by atoms with van der Waals surface area (Å²) in [6.07, 6.45) is 0. The van der Waals surface area contributed by atoms with Crippen molar-refractivity contribution < 1.29 is 19.0 Å². The van der Waals surface area contributed by atoms with E-state index in [2.05, 4.69) is 5.32 Å². The molecule has 0 atom stereocenters. The minimum absolute atomic E-state index is 0.0874. The normalized spacial score (nSPS) is 10.4. The lowest BCUT2D eigenvalue weighted by Crippen LogP contribution is -2.20. The second-order valence-electron chi connectivity index (χ2n) is 5.64. The van der Waals surface area contributed by atoms with Crippen molar-refractivity contribution in [3.63, 3.8) is 0 Å².